The molecule has 1 N–H and O–H groups in total. The highest BCUT2D eigenvalue weighted by Crippen LogP contribution is 2.28. The van der Waals surface area contributed by atoms with E-state index in [9.17, 15) is 19.3 Å². The maximum absolute atomic E-state index is 13.3. The number of halogens is 1. The minimum Gasteiger partial charge on any atom is -0.493 e. The number of nitro benzene ring substituents is 1. The Morgan fingerprint density at radius 2 is 1.94 bits per heavy atom. The van der Waals surface area contributed by atoms with Crippen LogP contribution in [0.3, 0.4) is 0 Å². The molecule has 8 nitrogen and oxygen atoms in total. The summed E-state index contributed by atoms with van der Waals surface area (Å²) in [6.07, 6.45) is 1.24. The van der Waals surface area contributed by atoms with Crippen LogP contribution in [0, 0.1) is 15.9 Å². The molecule has 0 aliphatic heterocycles. The molecule has 0 atom stereocenters. The van der Waals surface area contributed by atoms with Gasteiger partial charge in [0, 0.05) is 11.6 Å². The van der Waals surface area contributed by atoms with Gasteiger partial charge in [-0.15, -0.1) is 0 Å². The van der Waals surface area contributed by atoms with Crippen LogP contribution in [0.15, 0.2) is 71.8 Å². The number of ether oxygens (including phenoxy) is 2. The number of rotatable bonds is 9. The SMILES string of the molecule is COc1cc(C=NNC(=O)Cc2ccccc2[N+](=O)[O-])ccc1OCc1cccc(F)c1. The molecule has 0 fully saturated rings. The summed E-state index contributed by atoms with van der Waals surface area (Å²) in [5.74, 6) is 0.0806. The Labute approximate surface area is 183 Å². The van der Waals surface area contributed by atoms with Crippen molar-refractivity contribution in [3.05, 3.63) is 99.4 Å². The van der Waals surface area contributed by atoms with Gasteiger partial charge in [-0.1, -0.05) is 30.3 Å². The van der Waals surface area contributed by atoms with Gasteiger partial charge >= 0.3 is 0 Å². The van der Waals surface area contributed by atoms with Crippen molar-refractivity contribution in [1.29, 1.82) is 0 Å². The van der Waals surface area contributed by atoms with Gasteiger partial charge in [0.05, 0.1) is 24.7 Å². The topological polar surface area (TPSA) is 103 Å². The lowest BCUT2D eigenvalue weighted by Gasteiger charge is -2.11. The van der Waals surface area contributed by atoms with Crippen LogP contribution >= 0.6 is 0 Å². The monoisotopic (exact) mass is 437 g/mol. The largest absolute Gasteiger partial charge is 0.493 e. The number of nitro groups is 1. The zero-order chi connectivity index (χ0) is 22.9. The van der Waals surface area contributed by atoms with E-state index < -0.39 is 10.8 Å². The molecule has 0 saturated carbocycles. The Morgan fingerprint density at radius 3 is 2.69 bits per heavy atom. The number of methoxy groups -OCH3 is 1. The molecule has 0 aliphatic rings. The summed E-state index contributed by atoms with van der Waals surface area (Å²) in [4.78, 5) is 22.6. The highest BCUT2D eigenvalue weighted by Gasteiger charge is 2.15. The first kappa shape index (κ1) is 22.4. The van der Waals surface area contributed by atoms with Crippen molar-refractivity contribution < 1.29 is 23.6 Å². The molecule has 0 unspecified atom stereocenters. The van der Waals surface area contributed by atoms with E-state index >= 15 is 0 Å². The van der Waals surface area contributed by atoms with Gasteiger partial charge in [-0.05, 0) is 41.5 Å². The minimum absolute atomic E-state index is 0.120. The minimum atomic E-state index is -0.532. The molecule has 0 bridgehead atoms. The van der Waals surface area contributed by atoms with E-state index in [1.165, 1.54) is 43.7 Å². The molecule has 1 amide bonds. The maximum atomic E-state index is 13.3. The predicted molar refractivity (Wildman–Crippen MR) is 116 cm³/mol. The van der Waals surface area contributed by atoms with Gasteiger partial charge < -0.3 is 9.47 Å². The summed E-state index contributed by atoms with van der Waals surface area (Å²) >= 11 is 0. The number of para-hydroxylation sites is 1. The maximum Gasteiger partial charge on any atom is 0.273 e. The van der Waals surface area contributed by atoms with Crippen molar-refractivity contribution in [2.45, 2.75) is 13.0 Å². The van der Waals surface area contributed by atoms with Gasteiger partial charge in [0.2, 0.25) is 5.91 Å². The van der Waals surface area contributed by atoms with Gasteiger partial charge in [0.25, 0.3) is 5.69 Å². The number of hydrogen-bond acceptors (Lipinski definition) is 6. The second kappa shape index (κ2) is 10.7. The number of hydrazone groups is 1. The summed E-state index contributed by atoms with van der Waals surface area (Å²) < 4.78 is 24.3. The molecule has 0 saturated heterocycles. The quantitative estimate of drug-likeness (QED) is 0.309. The molecule has 9 heteroatoms. The van der Waals surface area contributed by atoms with Gasteiger partial charge in [0.1, 0.15) is 12.4 Å². The van der Waals surface area contributed by atoms with Gasteiger partial charge in [-0.25, -0.2) is 9.82 Å². The summed E-state index contributed by atoms with van der Waals surface area (Å²) in [6, 6.07) is 17.2. The number of amides is 1. The Kier molecular flexibility index (Phi) is 7.47. The molecule has 0 spiro atoms. The van der Waals surface area contributed by atoms with Crippen LogP contribution in [0.5, 0.6) is 11.5 Å². The Balaban J connectivity index is 1.60. The fraction of sp³-hybridized carbons (Fsp3) is 0.130. The first-order valence-electron chi connectivity index (χ1n) is 9.55. The van der Waals surface area contributed by atoms with Crippen LogP contribution < -0.4 is 14.9 Å². The van der Waals surface area contributed by atoms with Crippen molar-refractivity contribution in [3.8, 4) is 11.5 Å². The second-order valence-electron chi connectivity index (χ2n) is 6.68. The van der Waals surface area contributed by atoms with Crippen LogP contribution in [0.25, 0.3) is 0 Å². The van der Waals surface area contributed by atoms with E-state index in [1.807, 2.05) is 0 Å². The highest BCUT2D eigenvalue weighted by molar-refractivity contribution is 5.84. The van der Waals surface area contributed by atoms with Crippen molar-refractivity contribution in [2.24, 2.45) is 5.10 Å². The third-order valence-corrected chi connectivity index (χ3v) is 4.41. The van der Waals surface area contributed by atoms with Crippen LogP contribution in [0.4, 0.5) is 10.1 Å². The molecule has 3 aromatic carbocycles. The molecule has 32 heavy (non-hydrogen) atoms. The lowest BCUT2D eigenvalue weighted by atomic mass is 10.1. The van der Waals surface area contributed by atoms with E-state index in [0.29, 0.717) is 28.2 Å². The zero-order valence-electron chi connectivity index (χ0n) is 17.2. The third-order valence-electron chi connectivity index (χ3n) is 4.41. The average Bonchev–Trinajstić information content (AvgIpc) is 2.78. The van der Waals surface area contributed by atoms with Gasteiger partial charge in [-0.2, -0.15) is 5.10 Å². The Morgan fingerprint density at radius 1 is 1.12 bits per heavy atom. The number of carbonyl (C=O) groups is 1. The summed E-state index contributed by atoms with van der Waals surface area (Å²) in [7, 11) is 1.49. The Bertz CT molecular complexity index is 1150. The number of nitrogens with zero attached hydrogens (tertiary/aromatic N) is 2. The van der Waals surface area contributed by atoms with Crippen LogP contribution in [0.2, 0.25) is 0 Å². The fourth-order valence-electron chi connectivity index (χ4n) is 2.90. The molecule has 0 heterocycles. The number of carbonyl (C=O) groups excluding carboxylic acids is 1. The summed E-state index contributed by atoms with van der Waals surface area (Å²) in [5, 5.41) is 14.9. The second-order valence-corrected chi connectivity index (χ2v) is 6.68. The van der Waals surface area contributed by atoms with E-state index in [1.54, 1.807) is 36.4 Å². The first-order chi connectivity index (χ1) is 15.5. The molecule has 3 rings (SSSR count). The lowest BCUT2D eigenvalue weighted by molar-refractivity contribution is -0.385. The first-order valence-corrected chi connectivity index (χ1v) is 9.55. The molecular weight excluding hydrogens is 417 g/mol. The average molecular weight is 437 g/mol. The van der Waals surface area contributed by atoms with Gasteiger partial charge in [0.15, 0.2) is 11.5 Å². The molecule has 3 aromatic rings. The van der Waals surface area contributed by atoms with Crippen molar-refractivity contribution in [3.63, 3.8) is 0 Å². The van der Waals surface area contributed by atoms with Crippen molar-refractivity contribution in [1.82, 2.24) is 5.43 Å². The standard InChI is InChI=1S/C23H20FN3O5/c1-31-22-12-16(9-10-21(22)32-15-17-5-4-7-19(24)11-17)14-25-26-23(28)13-18-6-2-3-8-20(18)27(29)30/h2-12,14H,13,15H2,1H3,(H,26,28). The van der Waals surface area contributed by atoms with E-state index in [-0.39, 0.29) is 24.5 Å². The molecule has 164 valence electrons. The summed E-state index contributed by atoms with van der Waals surface area (Å²) in [5.41, 5.74) is 3.84. The molecule has 0 aliphatic carbocycles. The van der Waals surface area contributed by atoms with Crippen LogP contribution in [-0.2, 0) is 17.8 Å². The van der Waals surface area contributed by atoms with E-state index in [2.05, 4.69) is 10.5 Å². The van der Waals surface area contributed by atoms with Crippen molar-refractivity contribution >= 4 is 17.8 Å². The summed E-state index contributed by atoms with van der Waals surface area (Å²) in [6.45, 7) is 0.170. The zero-order valence-corrected chi connectivity index (χ0v) is 17.2. The van der Waals surface area contributed by atoms with Crippen LogP contribution in [0.1, 0.15) is 16.7 Å². The number of hydrogen-bond donors (Lipinski definition) is 1. The molecular formula is C23H20FN3O5. The lowest BCUT2D eigenvalue weighted by Crippen LogP contribution is -2.20. The number of benzene rings is 3. The predicted octanol–water partition coefficient (Wildman–Crippen LogP) is 4.01. The Hall–Kier alpha value is -4.27. The smallest absolute Gasteiger partial charge is 0.273 e. The normalized spacial score (nSPS) is 10.7. The highest BCUT2D eigenvalue weighted by atomic mass is 19.1. The molecule has 0 radical (unpaired) electrons. The fourth-order valence-corrected chi connectivity index (χ4v) is 2.90. The van der Waals surface area contributed by atoms with E-state index in [0.717, 1.165) is 0 Å². The number of nitrogens with one attached hydrogen (secondary N) is 1. The third kappa shape index (κ3) is 6.11. The molecule has 0 aromatic heterocycles. The van der Waals surface area contributed by atoms with E-state index in [4.69, 9.17) is 9.47 Å². The van der Waals surface area contributed by atoms with Crippen molar-refractivity contribution in [2.75, 3.05) is 7.11 Å². The van der Waals surface area contributed by atoms with Crippen LogP contribution in [-0.4, -0.2) is 24.2 Å². The van der Waals surface area contributed by atoms with Gasteiger partial charge in [-0.3, -0.25) is 14.9 Å².